The number of fused-ring (bicyclic) bond motifs is 6. The van der Waals surface area contributed by atoms with Gasteiger partial charge in [0.25, 0.3) is 0 Å². The molecule has 0 radical (unpaired) electrons. The second-order valence-corrected chi connectivity index (χ2v) is 6.44. The van der Waals surface area contributed by atoms with E-state index in [1.165, 1.54) is 6.08 Å². The molecule has 3 nitrogen and oxygen atoms in total. The van der Waals surface area contributed by atoms with Gasteiger partial charge in [0, 0.05) is 12.0 Å². The Morgan fingerprint density at radius 3 is 2.48 bits per heavy atom. The van der Waals surface area contributed by atoms with Crippen LogP contribution in [0.4, 0.5) is 0 Å². The monoisotopic (exact) mass is 324 g/mol. The van der Waals surface area contributed by atoms with Crippen LogP contribution in [-0.4, -0.2) is 17.3 Å². The summed E-state index contributed by atoms with van der Waals surface area (Å²) < 4.78 is 0. The van der Waals surface area contributed by atoms with E-state index < -0.39 is 11.6 Å². The Labute approximate surface area is 142 Å². The Bertz CT molecular complexity index is 1310. The Hall–Kier alpha value is -3.33. The van der Waals surface area contributed by atoms with Crippen molar-refractivity contribution >= 4 is 57.1 Å². The van der Waals surface area contributed by atoms with Gasteiger partial charge in [-0.25, -0.2) is 0 Å². The van der Waals surface area contributed by atoms with Gasteiger partial charge in [-0.1, -0.05) is 24.3 Å². The van der Waals surface area contributed by atoms with Gasteiger partial charge in [-0.15, -0.1) is 0 Å². The van der Waals surface area contributed by atoms with E-state index in [9.17, 15) is 14.4 Å². The molecule has 3 aromatic carbocycles. The number of hydrogen-bond acceptors (Lipinski definition) is 3. The number of allylic oxidation sites excluding steroid dienone is 1. The molecule has 0 aliphatic heterocycles. The third kappa shape index (κ3) is 1.96. The van der Waals surface area contributed by atoms with Crippen LogP contribution in [0.5, 0.6) is 0 Å². The van der Waals surface area contributed by atoms with Crippen LogP contribution in [0.25, 0.3) is 39.8 Å². The smallest absolute Gasteiger partial charge is 0.233 e. The Morgan fingerprint density at radius 2 is 1.60 bits per heavy atom. The summed E-state index contributed by atoms with van der Waals surface area (Å²) in [6.07, 6.45) is 7.15. The fourth-order valence-electron chi connectivity index (χ4n) is 3.74. The summed E-state index contributed by atoms with van der Waals surface area (Å²) >= 11 is 0. The average molecular weight is 324 g/mol. The molecule has 25 heavy (non-hydrogen) atoms. The minimum Gasteiger partial charge on any atom is -0.294 e. The van der Waals surface area contributed by atoms with Crippen LogP contribution in [0.2, 0.25) is 0 Å². The van der Waals surface area contributed by atoms with Gasteiger partial charge in [0.1, 0.15) is 0 Å². The van der Waals surface area contributed by atoms with Crippen molar-refractivity contribution in [1.29, 1.82) is 0 Å². The molecule has 118 valence electrons. The van der Waals surface area contributed by atoms with Crippen LogP contribution in [0, 0.1) is 0 Å². The van der Waals surface area contributed by atoms with Gasteiger partial charge in [-0.3, -0.25) is 14.4 Å². The summed E-state index contributed by atoms with van der Waals surface area (Å²) in [5.74, 6) is -0.807. The first-order valence-electron chi connectivity index (χ1n) is 8.13. The lowest BCUT2D eigenvalue weighted by molar-refractivity contribution is -0.112. The Morgan fingerprint density at radius 1 is 0.760 bits per heavy atom. The molecule has 0 heterocycles. The van der Waals surface area contributed by atoms with Gasteiger partial charge in [-0.2, -0.15) is 0 Å². The van der Waals surface area contributed by atoms with E-state index in [1.807, 2.05) is 30.3 Å². The summed E-state index contributed by atoms with van der Waals surface area (Å²) in [6.45, 7) is 0. The van der Waals surface area contributed by atoms with Crippen LogP contribution in [0.1, 0.15) is 22.3 Å². The van der Waals surface area contributed by atoms with Gasteiger partial charge in [-0.05, 0) is 74.0 Å². The fraction of sp³-hybridized carbons (Fsp3) is 0.0455. The van der Waals surface area contributed by atoms with Crippen molar-refractivity contribution in [2.75, 3.05) is 0 Å². The molecular formula is C22H12O3. The number of rotatable bonds is 0. The number of ketones is 3. The van der Waals surface area contributed by atoms with Crippen molar-refractivity contribution in [1.82, 2.24) is 0 Å². The zero-order valence-electron chi connectivity index (χ0n) is 13.2. The number of benzene rings is 3. The van der Waals surface area contributed by atoms with E-state index in [0.717, 1.165) is 37.5 Å². The van der Waals surface area contributed by atoms with Gasteiger partial charge >= 0.3 is 0 Å². The average Bonchev–Trinajstić information content (AvgIpc) is 2.62. The SMILES string of the molecule is O=C1C=c2cc3ccc4c5c(ccc4c3cc2=CC1)C(=O)C(=O)C=C5. The molecule has 2 aliphatic rings. The van der Waals surface area contributed by atoms with Gasteiger partial charge in [0.2, 0.25) is 11.6 Å². The van der Waals surface area contributed by atoms with Crippen molar-refractivity contribution in [3.8, 4) is 0 Å². The molecule has 0 atom stereocenters. The van der Waals surface area contributed by atoms with Crippen LogP contribution < -0.4 is 10.4 Å². The molecule has 2 aliphatic carbocycles. The Kier molecular flexibility index (Phi) is 2.72. The minimum atomic E-state index is -0.475. The lowest BCUT2D eigenvalue weighted by Gasteiger charge is -2.13. The second-order valence-electron chi connectivity index (χ2n) is 6.44. The quantitative estimate of drug-likeness (QED) is 0.471. The first-order valence-corrected chi connectivity index (χ1v) is 8.13. The van der Waals surface area contributed by atoms with Crippen molar-refractivity contribution < 1.29 is 14.4 Å². The highest BCUT2D eigenvalue weighted by atomic mass is 16.2. The molecule has 0 N–H and O–H groups in total. The van der Waals surface area contributed by atoms with Gasteiger partial charge < -0.3 is 0 Å². The number of carbonyl (C=O) groups is 3. The molecular weight excluding hydrogens is 312 g/mol. The molecule has 0 amide bonds. The second kappa shape index (κ2) is 4.84. The van der Waals surface area contributed by atoms with Crippen molar-refractivity contribution in [3.63, 3.8) is 0 Å². The molecule has 0 unspecified atom stereocenters. The largest absolute Gasteiger partial charge is 0.294 e. The van der Waals surface area contributed by atoms with E-state index in [1.54, 1.807) is 18.2 Å². The maximum absolute atomic E-state index is 12.1. The van der Waals surface area contributed by atoms with Crippen molar-refractivity contribution in [2.45, 2.75) is 6.42 Å². The van der Waals surface area contributed by atoms with Crippen LogP contribution in [0.15, 0.2) is 42.5 Å². The summed E-state index contributed by atoms with van der Waals surface area (Å²) in [5, 5.41) is 6.12. The lowest BCUT2D eigenvalue weighted by Crippen LogP contribution is -2.28. The third-order valence-corrected chi connectivity index (χ3v) is 4.97. The van der Waals surface area contributed by atoms with E-state index in [2.05, 4.69) is 6.07 Å². The van der Waals surface area contributed by atoms with E-state index in [4.69, 9.17) is 0 Å². The van der Waals surface area contributed by atoms with E-state index >= 15 is 0 Å². The zero-order chi connectivity index (χ0) is 17.1. The number of hydrogen-bond donors (Lipinski definition) is 0. The van der Waals surface area contributed by atoms with E-state index in [-0.39, 0.29) is 5.78 Å². The summed E-state index contributed by atoms with van der Waals surface area (Å²) in [5.41, 5.74) is 1.26. The molecule has 5 rings (SSSR count). The normalized spacial score (nSPS) is 15.8. The van der Waals surface area contributed by atoms with Gasteiger partial charge in [0.05, 0.1) is 0 Å². The maximum Gasteiger partial charge on any atom is 0.233 e. The molecule has 0 aromatic heterocycles. The number of carbonyl (C=O) groups excluding carboxylic acids is 3. The van der Waals surface area contributed by atoms with Gasteiger partial charge in [0.15, 0.2) is 5.78 Å². The summed E-state index contributed by atoms with van der Waals surface area (Å²) in [6, 6.07) is 11.7. The molecule has 3 aromatic rings. The zero-order valence-corrected chi connectivity index (χ0v) is 13.2. The lowest BCUT2D eigenvalue weighted by atomic mass is 9.88. The highest BCUT2D eigenvalue weighted by molar-refractivity contribution is 6.50. The van der Waals surface area contributed by atoms with E-state index in [0.29, 0.717) is 12.0 Å². The summed E-state index contributed by atoms with van der Waals surface area (Å²) in [4.78, 5) is 35.4. The molecule has 0 saturated heterocycles. The molecule has 3 heteroatoms. The molecule has 0 saturated carbocycles. The first-order chi connectivity index (χ1) is 12.1. The summed E-state index contributed by atoms with van der Waals surface area (Å²) in [7, 11) is 0. The predicted molar refractivity (Wildman–Crippen MR) is 97.6 cm³/mol. The highest BCUT2D eigenvalue weighted by Crippen LogP contribution is 2.31. The molecule has 0 fully saturated rings. The topological polar surface area (TPSA) is 51.2 Å². The van der Waals surface area contributed by atoms with Crippen molar-refractivity contribution in [2.24, 2.45) is 0 Å². The molecule has 0 spiro atoms. The standard InChI is InChI=1S/C22H12O3/c23-15-3-1-12-11-20-13(9-14(12)10-15)2-4-16-17-7-8-21(24)22(25)19(17)6-5-18(16)20/h1-2,4-11H,3H2. The van der Waals surface area contributed by atoms with Crippen LogP contribution >= 0.6 is 0 Å². The fourth-order valence-corrected chi connectivity index (χ4v) is 3.74. The van der Waals surface area contributed by atoms with Crippen LogP contribution in [-0.2, 0) is 9.59 Å². The molecule has 0 bridgehead atoms. The first kappa shape index (κ1) is 14.1. The Balaban J connectivity index is 1.91. The minimum absolute atomic E-state index is 0.120. The number of Topliss-reactive ketones (excluding diaryl/α,β-unsaturated/α-hetero) is 2. The third-order valence-electron chi connectivity index (χ3n) is 4.97. The predicted octanol–water partition coefficient (Wildman–Crippen LogP) is 2.31. The van der Waals surface area contributed by atoms with Crippen LogP contribution in [0.3, 0.4) is 0 Å². The highest BCUT2D eigenvalue weighted by Gasteiger charge is 2.22. The van der Waals surface area contributed by atoms with Crippen molar-refractivity contribution in [3.05, 3.63) is 64.0 Å². The maximum atomic E-state index is 12.1.